The van der Waals surface area contributed by atoms with Gasteiger partial charge in [0.1, 0.15) is 17.1 Å². The Labute approximate surface area is 137 Å². The van der Waals surface area contributed by atoms with Gasteiger partial charge in [0.25, 0.3) is 5.91 Å². The molecule has 2 atom stereocenters. The molecule has 1 amide bonds. The second kappa shape index (κ2) is 5.31. The van der Waals surface area contributed by atoms with Gasteiger partial charge in [0.2, 0.25) is 0 Å². The predicted octanol–water partition coefficient (Wildman–Crippen LogP) is 2.59. The monoisotopic (exact) mass is 336 g/mol. The number of carbonyl (C=O) groups is 2. The zero-order valence-corrected chi connectivity index (χ0v) is 14.1. The van der Waals surface area contributed by atoms with Crippen molar-refractivity contribution in [2.24, 2.45) is 4.40 Å². The van der Waals surface area contributed by atoms with E-state index in [-0.39, 0.29) is 11.3 Å². The van der Waals surface area contributed by atoms with Gasteiger partial charge in [-0.3, -0.25) is 4.79 Å². The molecule has 0 aliphatic carbocycles. The van der Waals surface area contributed by atoms with Crippen molar-refractivity contribution in [3.8, 4) is 0 Å². The van der Waals surface area contributed by atoms with E-state index in [0.29, 0.717) is 5.71 Å². The van der Waals surface area contributed by atoms with E-state index in [9.17, 15) is 14.7 Å². The van der Waals surface area contributed by atoms with E-state index in [1.165, 1.54) is 34.2 Å². The lowest BCUT2D eigenvalue weighted by atomic mass is 9.98. The lowest BCUT2D eigenvalue weighted by molar-refractivity contribution is -0.150. The van der Waals surface area contributed by atoms with Crippen molar-refractivity contribution >= 4 is 41.3 Å². The molecule has 0 radical (unpaired) electrons. The van der Waals surface area contributed by atoms with E-state index >= 15 is 0 Å². The number of amides is 1. The number of nitrogens with zero attached hydrogens (tertiary/aromatic N) is 2. The van der Waals surface area contributed by atoms with Gasteiger partial charge in [-0.2, -0.15) is 0 Å². The minimum absolute atomic E-state index is 0.249. The van der Waals surface area contributed by atoms with Crippen LogP contribution in [0.25, 0.3) is 0 Å². The lowest BCUT2D eigenvalue weighted by Gasteiger charge is -2.37. The second-order valence-electron chi connectivity index (χ2n) is 5.91. The number of β-lactam (4-membered cyclic amide) rings is 1. The van der Waals surface area contributed by atoms with Crippen LogP contribution in [0.2, 0.25) is 0 Å². The number of rotatable bonds is 3. The lowest BCUT2D eigenvalue weighted by Crippen LogP contribution is -2.63. The standard InChI is InChI=1S/C15H16N2O3S2/c1-8-4-6-9(7-5-8)22-16-10-12(18)17-11(14(19)20)15(2,3)21-13(10)17/h4-7,11,13H,1-3H3,(H,19,20). The molecule has 7 heteroatoms. The average molecular weight is 336 g/mol. The van der Waals surface area contributed by atoms with Gasteiger partial charge in [0.05, 0.1) is 0 Å². The summed E-state index contributed by atoms with van der Waals surface area (Å²) in [4.78, 5) is 26.0. The third-order valence-corrected chi connectivity index (χ3v) is 6.07. The van der Waals surface area contributed by atoms with E-state index in [1.807, 2.05) is 45.0 Å². The predicted molar refractivity (Wildman–Crippen MR) is 88.2 cm³/mol. The summed E-state index contributed by atoms with van der Waals surface area (Å²) in [6.07, 6.45) is 0. The zero-order valence-electron chi connectivity index (χ0n) is 12.4. The van der Waals surface area contributed by atoms with Gasteiger partial charge in [-0.05, 0) is 32.9 Å². The Morgan fingerprint density at radius 3 is 2.59 bits per heavy atom. The first-order valence-electron chi connectivity index (χ1n) is 6.86. The molecule has 2 heterocycles. The van der Waals surface area contributed by atoms with Crippen LogP contribution in [0.4, 0.5) is 0 Å². The van der Waals surface area contributed by atoms with E-state index in [0.717, 1.165) is 4.90 Å². The van der Waals surface area contributed by atoms with Crippen molar-refractivity contribution < 1.29 is 14.7 Å². The summed E-state index contributed by atoms with van der Waals surface area (Å²) in [6, 6.07) is 7.10. The number of thioether (sulfide) groups is 1. The average Bonchev–Trinajstić information content (AvgIpc) is 2.69. The molecule has 3 rings (SSSR count). The number of aliphatic carboxylic acids is 1. The van der Waals surface area contributed by atoms with Crippen molar-refractivity contribution in [2.45, 2.75) is 41.8 Å². The SMILES string of the molecule is Cc1ccc(SN=C2C(=O)N3C2SC(C)(C)C3C(=O)O)cc1. The van der Waals surface area contributed by atoms with Gasteiger partial charge in [0, 0.05) is 21.6 Å². The fraction of sp³-hybridized carbons (Fsp3) is 0.400. The van der Waals surface area contributed by atoms with Crippen LogP contribution in [0.3, 0.4) is 0 Å². The minimum atomic E-state index is -0.960. The van der Waals surface area contributed by atoms with Crippen LogP contribution < -0.4 is 0 Å². The number of carboxylic acids is 1. The maximum atomic E-state index is 12.2. The van der Waals surface area contributed by atoms with Crippen LogP contribution in [0.1, 0.15) is 19.4 Å². The van der Waals surface area contributed by atoms with Crippen LogP contribution >= 0.6 is 23.7 Å². The van der Waals surface area contributed by atoms with Crippen molar-refractivity contribution in [3.63, 3.8) is 0 Å². The Balaban J connectivity index is 1.78. The van der Waals surface area contributed by atoms with Gasteiger partial charge < -0.3 is 10.0 Å². The number of carbonyl (C=O) groups excluding carboxylic acids is 1. The third kappa shape index (κ3) is 2.42. The molecule has 1 aromatic rings. The van der Waals surface area contributed by atoms with E-state index in [2.05, 4.69) is 4.40 Å². The Bertz CT molecular complexity index is 670. The summed E-state index contributed by atoms with van der Waals surface area (Å²) < 4.78 is 3.82. The Kier molecular flexibility index (Phi) is 3.72. The van der Waals surface area contributed by atoms with Gasteiger partial charge >= 0.3 is 5.97 Å². The second-order valence-corrected chi connectivity index (χ2v) is 8.48. The molecule has 0 aromatic heterocycles. The zero-order chi connectivity index (χ0) is 16.1. The first-order valence-corrected chi connectivity index (χ1v) is 8.51. The van der Waals surface area contributed by atoms with Crippen molar-refractivity contribution in [3.05, 3.63) is 29.8 Å². The van der Waals surface area contributed by atoms with Crippen molar-refractivity contribution in [1.82, 2.24) is 4.90 Å². The Hall–Kier alpha value is -1.47. The highest BCUT2D eigenvalue weighted by molar-refractivity contribution is 8.03. The fourth-order valence-electron chi connectivity index (χ4n) is 2.66. The summed E-state index contributed by atoms with van der Waals surface area (Å²) >= 11 is 2.74. The van der Waals surface area contributed by atoms with Gasteiger partial charge in [-0.15, -0.1) is 11.8 Å². The van der Waals surface area contributed by atoms with Crippen LogP contribution in [-0.4, -0.2) is 43.8 Å². The number of benzene rings is 1. The van der Waals surface area contributed by atoms with E-state index in [1.54, 1.807) is 0 Å². The van der Waals surface area contributed by atoms with Crippen LogP contribution in [0, 0.1) is 6.92 Å². The van der Waals surface area contributed by atoms with Crippen molar-refractivity contribution in [1.29, 1.82) is 0 Å². The third-order valence-electron chi connectivity index (χ3n) is 3.80. The summed E-state index contributed by atoms with van der Waals surface area (Å²) in [5.41, 5.74) is 1.62. The quantitative estimate of drug-likeness (QED) is 0.679. The van der Waals surface area contributed by atoms with E-state index in [4.69, 9.17) is 0 Å². The molecule has 22 heavy (non-hydrogen) atoms. The first kappa shape index (κ1) is 15.4. The molecular weight excluding hydrogens is 320 g/mol. The fourth-order valence-corrected chi connectivity index (χ4v) is 4.88. The first-order chi connectivity index (χ1) is 10.3. The molecule has 116 valence electrons. The summed E-state index contributed by atoms with van der Waals surface area (Å²) in [5, 5.41) is 9.11. The topological polar surface area (TPSA) is 70.0 Å². The molecule has 1 aromatic carbocycles. The molecule has 1 N–H and O–H groups in total. The van der Waals surface area contributed by atoms with Gasteiger partial charge in [-0.25, -0.2) is 9.19 Å². The molecule has 2 aliphatic heterocycles. The Morgan fingerprint density at radius 1 is 1.36 bits per heavy atom. The number of carboxylic acid groups (broad SMARTS) is 1. The molecule has 2 aliphatic rings. The summed E-state index contributed by atoms with van der Waals surface area (Å²) in [7, 11) is 0. The highest BCUT2D eigenvalue weighted by atomic mass is 32.2. The normalized spacial score (nSPS) is 27.7. The van der Waals surface area contributed by atoms with E-state index < -0.39 is 16.8 Å². The molecule has 0 bridgehead atoms. The Morgan fingerprint density at radius 2 is 2.00 bits per heavy atom. The number of aryl methyl sites for hydroxylation is 1. The summed E-state index contributed by atoms with van der Waals surface area (Å²) in [6.45, 7) is 5.72. The smallest absolute Gasteiger partial charge is 0.327 e. The molecule has 2 unspecified atom stereocenters. The molecule has 5 nitrogen and oxygen atoms in total. The maximum Gasteiger partial charge on any atom is 0.327 e. The molecular formula is C15H16N2O3S2. The van der Waals surface area contributed by atoms with Crippen LogP contribution in [0.15, 0.2) is 33.6 Å². The van der Waals surface area contributed by atoms with Gasteiger partial charge in [-0.1, -0.05) is 17.7 Å². The number of fused-ring (bicyclic) bond motifs is 1. The highest BCUT2D eigenvalue weighted by Crippen LogP contribution is 2.50. The number of hydrogen-bond donors (Lipinski definition) is 1. The molecule has 0 spiro atoms. The highest BCUT2D eigenvalue weighted by Gasteiger charge is 2.62. The molecule has 0 saturated carbocycles. The van der Waals surface area contributed by atoms with Crippen LogP contribution in [0.5, 0.6) is 0 Å². The van der Waals surface area contributed by atoms with Crippen molar-refractivity contribution in [2.75, 3.05) is 0 Å². The largest absolute Gasteiger partial charge is 0.480 e. The maximum absolute atomic E-state index is 12.2. The number of hydrogen-bond acceptors (Lipinski definition) is 5. The molecule has 2 fully saturated rings. The van der Waals surface area contributed by atoms with Gasteiger partial charge in [0.15, 0.2) is 0 Å². The molecule has 2 saturated heterocycles. The summed E-state index contributed by atoms with van der Waals surface area (Å²) in [5.74, 6) is -1.23. The minimum Gasteiger partial charge on any atom is -0.480 e. The van der Waals surface area contributed by atoms with Crippen LogP contribution in [-0.2, 0) is 9.59 Å².